The molecule has 0 fully saturated rings. The number of H-pyrrole nitrogens is 1. The third-order valence-electron chi connectivity index (χ3n) is 0.535. The van der Waals surface area contributed by atoms with Gasteiger partial charge in [-0.25, -0.2) is 0 Å². The van der Waals surface area contributed by atoms with Crippen molar-refractivity contribution in [2.75, 3.05) is 0 Å². The van der Waals surface area contributed by atoms with E-state index < -0.39 is 0 Å². The molecule has 1 aromatic heterocycles. The molecule has 0 radical (unpaired) electrons. The van der Waals surface area contributed by atoms with E-state index in [9.17, 15) is 0 Å². The zero-order chi connectivity index (χ0) is 4.41. The Kier molecular flexibility index (Phi) is 1.24. The van der Waals surface area contributed by atoms with E-state index in [0.717, 1.165) is 30.9 Å². The fourth-order valence-corrected chi connectivity index (χ4v) is 0.468. The first-order chi connectivity index (χ1) is 2.89. The monoisotopic (exact) mass is 91.0 g/mol. The van der Waals surface area contributed by atoms with E-state index in [1.165, 1.54) is 0 Å². The molecule has 0 saturated heterocycles. The Balaban J connectivity index is 3.05. The predicted molar refractivity (Wildman–Crippen MR) is 21.8 cm³/mol. The Morgan fingerprint density at radius 2 is 2.67 bits per heavy atom. The number of nitrogens with zero attached hydrogens (tertiary/aromatic N) is 2. The van der Waals surface area contributed by atoms with Crippen molar-refractivity contribution in [1.29, 1.82) is 0 Å². The first-order valence-electron chi connectivity index (χ1n) is 1.72. The van der Waals surface area contributed by atoms with Crippen molar-refractivity contribution >= 4 is 30.9 Å². The molecule has 1 heterocycles. The van der Waals surface area contributed by atoms with E-state index in [2.05, 4.69) is 15.4 Å². The molecule has 3 nitrogen and oxygen atoms in total. The van der Waals surface area contributed by atoms with Crippen molar-refractivity contribution in [3.63, 3.8) is 0 Å². The molecule has 1 aromatic rings. The maximum absolute atomic E-state index is 3.55. The second kappa shape index (κ2) is 1.73. The Hall–Kier alpha value is 0.140. The molecule has 0 amide bonds. The van der Waals surface area contributed by atoms with E-state index in [4.69, 9.17) is 0 Å². The summed E-state index contributed by atoms with van der Waals surface area (Å²) in [5.74, 6) is 0. The van der Waals surface area contributed by atoms with E-state index in [1.807, 2.05) is 0 Å². The van der Waals surface area contributed by atoms with Crippen molar-refractivity contribution in [1.82, 2.24) is 15.4 Å². The topological polar surface area (TPSA) is 41.6 Å². The van der Waals surface area contributed by atoms with E-state index in [-0.39, 0.29) is 0 Å². The number of aromatic nitrogens is 3. The van der Waals surface area contributed by atoms with E-state index in [1.54, 1.807) is 6.20 Å². The number of rotatable bonds is 0. The molecule has 6 heavy (non-hydrogen) atoms. The van der Waals surface area contributed by atoms with Crippen LogP contribution in [0.15, 0.2) is 6.20 Å². The summed E-state index contributed by atoms with van der Waals surface area (Å²) in [6.45, 7) is 0. The number of nitrogens with one attached hydrogen (secondary N) is 1. The minimum atomic E-state index is 1.02. The van der Waals surface area contributed by atoms with Crippen LogP contribution in [0, 0.1) is 0 Å². The second-order valence-corrected chi connectivity index (χ2v) is 2.22. The SMILES string of the molecule is [Na][c]1cnn[nH]1. The quantitative estimate of drug-likeness (QED) is 0.399. The third-order valence-corrected chi connectivity index (χ3v) is 1.02. The van der Waals surface area contributed by atoms with Gasteiger partial charge in [0.15, 0.2) is 0 Å². The molecule has 4 heteroatoms. The summed E-state index contributed by atoms with van der Waals surface area (Å²) in [5.41, 5.74) is 0. The zero-order valence-corrected chi connectivity index (χ0v) is 5.47. The Morgan fingerprint density at radius 1 is 1.83 bits per heavy atom. The summed E-state index contributed by atoms with van der Waals surface area (Å²) < 4.78 is 1.13. The molecule has 0 aliphatic rings. The van der Waals surface area contributed by atoms with Gasteiger partial charge in [0.1, 0.15) is 0 Å². The molecule has 0 aliphatic heterocycles. The van der Waals surface area contributed by atoms with Crippen LogP contribution in [0.1, 0.15) is 0 Å². The summed E-state index contributed by atoms with van der Waals surface area (Å²) in [6, 6.07) is 0. The maximum atomic E-state index is 3.55. The molecule has 0 unspecified atom stereocenters. The normalized spacial score (nSPS) is 9.00. The number of aromatic amines is 1. The van der Waals surface area contributed by atoms with Crippen molar-refractivity contribution in [2.24, 2.45) is 0 Å². The van der Waals surface area contributed by atoms with Crippen LogP contribution >= 0.6 is 0 Å². The molecule has 0 atom stereocenters. The number of hydrogen-bond acceptors (Lipinski definition) is 2. The molecular weight excluding hydrogens is 89.0 g/mol. The van der Waals surface area contributed by atoms with Gasteiger partial charge in [0.2, 0.25) is 0 Å². The molecular formula is C2H2N3Na. The van der Waals surface area contributed by atoms with Crippen molar-refractivity contribution in [3.05, 3.63) is 6.20 Å². The standard InChI is InChI=1S/C2H2N3.Na/c1-2-4-5-3-1;/h1H,(H,3,4,5);. The van der Waals surface area contributed by atoms with Crippen LogP contribution in [-0.4, -0.2) is 43.3 Å². The zero-order valence-electron chi connectivity index (χ0n) is 3.47. The summed E-state index contributed by atoms with van der Waals surface area (Å²) in [5, 5.41) is 9.73. The van der Waals surface area contributed by atoms with Crippen molar-refractivity contribution in [2.45, 2.75) is 0 Å². The van der Waals surface area contributed by atoms with Gasteiger partial charge in [-0.05, 0) is 0 Å². The first-order valence-corrected chi connectivity index (χ1v) is 2.72. The van der Waals surface area contributed by atoms with Gasteiger partial charge in [0, 0.05) is 0 Å². The number of hydrogen-bond donors (Lipinski definition) is 1. The van der Waals surface area contributed by atoms with Gasteiger partial charge in [0.25, 0.3) is 0 Å². The average Bonchev–Trinajstić information content (AvgIpc) is 1.86. The molecule has 0 saturated carbocycles. The molecule has 26 valence electrons. The van der Waals surface area contributed by atoms with Gasteiger partial charge >= 0.3 is 52.5 Å². The van der Waals surface area contributed by atoms with Crippen molar-refractivity contribution in [3.8, 4) is 0 Å². The second-order valence-electron chi connectivity index (χ2n) is 1.14. The van der Waals surface area contributed by atoms with Gasteiger partial charge in [-0.1, -0.05) is 0 Å². The van der Waals surface area contributed by atoms with Gasteiger partial charge in [-0.3, -0.25) is 0 Å². The van der Waals surface area contributed by atoms with Crippen LogP contribution in [0.2, 0.25) is 0 Å². The van der Waals surface area contributed by atoms with E-state index >= 15 is 0 Å². The summed E-state index contributed by atoms with van der Waals surface area (Å²) in [7, 11) is 0. The Morgan fingerprint density at radius 3 is 2.83 bits per heavy atom. The predicted octanol–water partition coefficient (Wildman–Crippen LogP) is -1.40. The molecule has 0 aromatic carbocycles. The minimum absolute atomic E-state index is 1.02. The van der Waals surface area contributed by atoms with Gasteiger partial charge in [0.05, 0.1) is 0 Å². The summed E-state index contributed by atoms with van der Waals surface area (Å²) >= 11 is 1.02. The summed E-state index contributed by atoms with van der Waals surface area (Å²) in [4.78, 5) is 0. The third kappa shape index (κ3) is 0.801. The fraction of sp³-hybridized carbons (Fsp3) is 0. The molecule has 0 aliphatic carbocycles. The molecule has 0 spiro atoms. The van der Waals surface area contributed by atoms with E-state index in [0.29, 0.717) is 0 Å². The molecule has 0 bridgehead atoms. The first kappa shape index (κ1) is 4.30. The van der Waals surface area contributed by atoms with Gasteiger partial charge in [-0.2, -0.15) is 0 Å². The van der Waals surface area contributed by atoms with Crippen LogP contribution < -0.4 is 2.94 Å². The average molecular weight is 91.0 g/mol. The van der Waals surface area contributed by atoms with Gasteiger partial charge < -0.3 is 0 Å². The van der Waals surface area contributed by atoms with Crippen LogP contribution in [0.3, 0.4) is 0 Å². The molecule has 1 rings (SSSR count). The van der Waals surface area contributed by atoms with Crippen molar-refractivity contribution < 1.29 is 0 Å². The van der Waals surface area contributed by atoms with Crippen LogP contribution in [0.5, 0.6) is 0 Å². The van der Waals surface area contributed by atoms with Crippen LogP contribution in [0.25, 0.3) is 0 Å². The Labute approximate surface area is 52.6 Å². The fourth-order valence-electron chi connectivity index (χ4n) is 0.252. The molecule has 1 N–H and O–H groups in total. The Bertz CT molecular complexity index is 112. The summed E-state index contributed by atoms with van der Waals surface area (Å²) in [6.07, 6.45) is 1.73. The van der Waals surface area contributed by atoms with Crippen LogP contribution in [-0.2, 0) is 0 Å². The van der Waals surface area contributed by atoms with Crippen LogP contribution in [0.4, 0.5) is 0 Å². The van der Waals surface area contributed by atoms with Gasteiger partial charge in [-0.15, -0.1) is 0 Å².